The van der Waals surface area contributed by atoms with Gasteiger partial charge in [-0.25, -0.2) is 0 Å². The molecule has 0 spiro atoms. The van der Waals surface area contributed by atoms with Crippen molar-refractivity contribution < 1.29 is 14.3 Å². The molecular formula is C22H23ClN4O3. The highest BCUT2D eigenvalue weighted by Crippen LogP contribution is 2.36. The molecule has 7 nitrogen and oxygen atoms in total. The Balaban J connectivity index is 1.40. The average molecular weight is 427 g/mol. The number of pyridine rings is 1. The first-order valence-corrected chi connectivity index (χ1v) is 10.2. The molecule has 0 unspecified atom stereocenters. The number of benzene rings is 1. The molecule has 1 aliphatic heterocycles. The highest BCUT2D eigenvalue weighted by molar-refractivity contribution is 6.32. The van der Waals surface area contributed by atoms with E-state index < -0.39 is 0 Å². The van der Waals surface area contributed by atoms with Crippen molar-refractivity contribution in [3.05, 3.63) is 59.0 Å². The van der Waals surface area contributed by atoms with Crippen molar-refractivity contribution in [3.8, 4) is 11.5 Å². The van der Waals surface area contributed by atoms with Crippen molar-refractivity contribution in [3.63, 3.8) is 0 Å². The van der Waals surface area contributed by atoms with Crippen molar-refractivity contribution in [2.45, 2.75) is 18.8 Å². The van der Waals surface area contributed by atoms with Gasteiger partial charge in [0, 0.05) is 31.3 Å². The summed E-state index contributed by atoms with van der Waals surface area (Å²) in [4.78, 5) is 14.5. The smallest absolute Gasteiger partial charge is 0.246 e. The van der Waals surface area contributed by atoms with Gasteiger partial charge in [0.2, 0.25) is 5.91 Å². The highest BCUT2D eigenvalue weighted by atomic mass is 35.5. The van der Waals surface area contributed by atoms with E-state index in [2.05, 4.69) is 10.2 Å². The fraction of sp³-hybridized carbons (Fsp3) is 0.318. The summed E-state index contributed by atoms with van der Waals surface area (Å²) in [6.07, 6.45) is 7.02. The van der Waals surface area contributed by atoms with Crippen molar-refractivity contribution in [1.82, 2.24) is 19.5 Å². The topological polar surface area (TPSA) is 69.0 Å². The van der Waals surface area contributed by atoms with Crippen LogP contribution < -0.4 is 9.47 Å². The van der Waals surface area contributed by atoms with Crippen LogP contribution in [0.3, 0.4) is 0 Å². The number of fused-ring (bicyclic) bond motifs is 1. The lowest BCUT2D eigenvalue weighted by Crippen LogP contribution is -2.37. The second kappa shape index (κ2) is 8.75. The first-order valence-electron chi connectivity index (χ1n) is 9.79. The number of hydrogen-bond acceptors (Lipinski definition) is 5. The Morgan fingerprint density at radius 2 is 1.97 bits per heavy atom. The summed E-state index contributed by atoms with van der Waals surface area (Å²) < 4.78 is 12.6. The highest BCUT2D eigenvalue weighted by Gasteiger charge is 2.26. The number of rotatable bonds is 5. The van der Waals surface area contributed by atoms with Gasteiger partial charge in [0.15, 0.2) is 17.1 Å². The summed E-state index contributed by atoms with van der Waals surface area (Å²) >= 11 is 6.24. The molecule has 0 atom stereocenters. The van der Waals surface area contributed by atoms with Crippen LogP contribution in [0.4, 0.5) is 0 Å². The summed E-state index contributed by atoms with van der Waals surface area (Å²) in [5, 5.41) is 9.04. The average Bonchev–Trinajstić information content (AvgIpc) is 3.21. The zero-order valence-corrected chi connectivity index (χ0v) is 17.7. The maximum absolute atomic E-state index is 12.7. The van der Waals surface area contributed by atoms with Crippen LogP contribution in [-0.2, 0) is 4.79 Å². The normalized spacial score (nSPS) is 15.1. The molecule has 30 heavy (non-hydrogen) atoms. The molecule has 0 radical (unpaired) electrons. The van der Waals surface area contributed by atoms with E-state index in [-0.39, 0.29) is 5.91 Å². The fourth-order valence-electron chi connectivity index (χ4n) is 3.80. The van der Waals surface area contributed by atoms with Gasteiger partial charge in [0.25, 0.3) is 0 Å². The Morgan fingerprint density at radius 3 is 2.70 bits per heavy atom. The van der Waals surface area contributed by atoms with Gasteiger partial charge in [0.1, 0.15) is 5.82 Å². The lowest BCUT2D eigenvalue weighted by Gasteiger charge is -2.30. The van der Waals surface area contributed by atoms with Crippen LogP contribution in [0.5, 0.6) is 11.5 Å². The van der Waals surface area contributed by atoms with E-state index in [0.717, 1.165) is 29.9 Å². The van der Waals surface area contributed by atoms with Crippen molar-refractivity contribution in [2.24, 2.45) is 0 Å². The van der Waals surface area contributed by atoms with Crippen LogP contribution in [0.1, 0.15) is 30.1 Å². The summed E-state index contributed by atoms with van der Waals surface area (Å²) in [5.41, 5.74) is 1.62. The number of likely N-dealkylation sites (tertiary alicyclic amines) is 1. The Morgan fingerprint density at radius 1 is 1.17 bits per heavy atom. The molecule has 1 aromatic carbocycles. The van der Waals surface area contributed by atoms with Crippen LogP contribution >= 0.6 is 11.6 Å². The van der Waals surface area contributed by atoms with Gasteiger partial charge in [-0.1, -0.05) is 17.7 Å². The number of carbonyl (C=O) groups is 1. The molecular weight excluding hydrogens is 404 g/mol. The first kappa shape index (κ1) is 20.2. The molecule has 3 heterocycles. The molecule has 1 amide bonds. The minimum Gasteiger partial charge on any atom is -0.493 e. The van der Waals surface area contributed by atoms with Crippen molar-refractivity contribution in [2.75, 3.05) is 27.3 Å². The molecule has 8 heteroatoms. The van der Waals surface area contributed by atoms with Crippen LogP contribution in [0.2, 0.25) is 5.02 Å². The number of carbonyl (C=O) groups excluding carboxylic acids is 1. The molecule has 4 rings (SSSR count). The van der Waals surface area contributed by atoms with Crippen LogP contribution in [-0.4, -0.2) is 52.7 Å². The predicted octanol–water partition coefficient (Wildman–Crippen LogP) is 3.82. The maximum atomic E-state index is 12.7. The van der Waals surface area contributed by atoms with E-state index in [0.29, 0.717) is 35.5 Å². The van der Waals surface area contributed by atoms with Crippen LogP contribution in [0.25, 0.3) is 11.7 Å². The summed E-state index contributed by atoms with van der Waals surface area (Å²) in [6, 6.07) is 9.41. The first-order chi connectivity index (χ1) is 14.6. The molecule has 1 fully saturated rings. The summed E-state index contributed by atoms with van der Waals surface area (Å²) in [5.74, 6) is 2.24. The molecule has 156 valence electrons. The van der Waals surface area contributed by atoms with Crippen LogP contribution in [0, 0.1) is 0 Å². The second-order valence-corrected chi connectivity index (χ2v) is 7.57. The van der Waals surface area contributed by atoms with E-state index >= 15 is 0 Å². The van der Waals surface area contributed by atoms with Gasteiger partial charge in [-0.05, 0) is 48.7 Å². The number of amides is 1. The number of halogens is 1. The lowest BCUT2D eigenvalue weighted by atomic mass is 9.96. The van der Waals surface area contributed by atoms with Gasteiger partial charge >= 0.3 is 0 Å². The molecule has 0 aliphatic carbocycles. The third kappa shape index (κ3) is 3.98. The lowest BCUT2D eigenvalue weighted by molar-refractivity contribution is -0.127. The Hall–Kier alpha value is -3.06. The number of ether oxygens (including phenoxy) is 2. The predicted molar refractivity (Wildman–Crippen MR) is 115 cm³/mol. The molecule has 0 N–H and O–H groups in total. The molecule has 0 saturated carbocycles. The quantitative estimate of drug-likeness (QED) is 0.580. The van der Waals surface area contributed by atoms with Gasteiger partial charge in [-0.2, -0.15) is 0 Å². The number of methoxy groups -OCH3 is 2. The monoisotopic (exact) mass is 426 g/mol. The third-order valence-electron chi connectivity index (χ3n) is 5.39. The second-order valence-electron chi connectivity index (χ2n) is 7.16. The Bertz CT molecular complexity index is 1090. The minimum atomic E-state index is -0.0227. The molecule has 2 aromatic heterocycles. The van der Waals surface area contributed by atoms with Gasteiger partial charge in [-0.15, -0.1) is 10.2 Å². The van der Waals surface area contributed by atoms with Gasteiger partial charge < -0.3 is 14.4 Å². The van der Waals surface area contributed by atoms with E-state index in [1.807, 2.05) is 33.7 Å². The molecule has 1 saturated heterocycles. The van der Waals surface area contributed by atoms with Crippen LogP contribution in [0.15, 0.2) is 42.6 Å². The summed E-state index contributed by atoms with van der Waals surface area (Å²) in [7, 11) is 3.09. The van der Waals surface area contributed by atoms with Gasteiger partial charge in [0.05, 0.1) is 19.2 Å². The Kier molecular flexibility index (Phi) is 5.90. The number of hydrogen-bond donors (Lipinski definition) is 0. The number of aromatic nitrogens is 3. The van der Waals surface area contributed by atoms with E-state index in [1.54, 1.807) is 31.4 Å². The molecule has 0 bridgehead atoms. The zero-order chi connectivity index (χ0) is 21.1. The summed E-state index contributed by atoms with van der Waals surface area (Å²) in [6.45, 7) is 1.37. The third-order valence-corrected chi connectivity index (χ3v) is 5.67. The SMILES string of the molecule is COc1cc(C=CC(=O)N2CCC(c3nnc4ccccn34)CC2)cc(Cl)c1OC. The number of nitrogens with zero attached hydrogens (tertiary/aromatic N) is 4. The number of piperidine rings is 1. The van der Waals surface area contributed by atoms with Crippen molar-refractivity contribution >= 4 is 29.2 Å². The largest absolute Gasteiger partial charge is 0.493 e. The van der Waals surface area contributed by atoms with E-state index in [4.69, 9.17) is 21.1 Å². The van der Waals surface area contributed by atoms with Gasteiger partial charge in [-0.3, -0.25) is 9.20 Å². The maximum Gasteiger partial charge on any atom is 0.246 e. The standard InChI is InChI=1S/C22H23ClN4O3/c1-29-18-14-15(13-17(23)21(18)30-2)6-7-20(28)26-11-8-16(9-12-26)22-25-24-19-5-3-4-10-27(19)22/h3-7,10,13-14,16H,8-9,11-12H2,1-2H3. The minimum absolute atomic E-state index is 0.0227. The molecule has 3 aromatic rings. The fourth-order valence-corrected chi connectivity index (χ4v) is 4.10. The van der Waals surface area contributed by atoms with E-state index in [1.165, 1.54) is 7.11 Å². The molecule has 1 aliphatic rings. The zero-order valence-electron chi connectivity index (χ0n) is 16.9. The van der Waals surface area contributed by atoms with E-state index in [9.17, 15) is 4.79 Å². The van der Waals surface area contributed by atoms with Crippen molar-refractivity contribution in [1.29, 1.82) is 0 Å². The Labute approximate surface area is 179 Å².